The summed E-state index contributed by atoms with van der Waals surface area (Å²) < 4.78 is 10.3. The minimum absolute atomic E-state index is 0.0607. The number of fused-ring (bicyclic) bond motifs is 1. The summed E-state index contributed by atoms with van der Waals surface area (Å²) in [7, 11) is 1.37. The number of aryl methyl sites for hydroxylation is 1. The summed E-state index contributed by atoms with van der Waals surface area (Å²) in [5.74, 6) is -0.362. The van der Waals surface area contributed by atoms with Gasteiger partial charge in [0.05, 0.1) is 18.7 Å². The Labute approximate surface area is 137 Å². The number of rotatable bonds is 3. The highest BCUT2D eigenvalue weighted by Gasteiger charge is 2.33. The van der Waals surface area contributed by atoms with E-state index in [2.05, 4.69) is 0 Å². The Balaban J connectivity index is 2.29. The lowest BCUT2D eigenvalue weighted by Crippen LogP contribution is -2.38. The summed E-state index contributed by atoms with van der Waals surface area (Å²) >= 11 is 0. The zero-order valence-corrected chi connectivity index (χ0v) is 14.5. The predicted octanol–water partition coefficient (Wildman–Crippen LogP) is 3.72. The largest absolute Gasteiger partial charge is 0.465 e. The number of methoxy groups -OCH3 is 1. The van der Waals surface area contributed by atoms with E-state index in [1.807, 2.05) is 39.8 Å². The van der Waals surface area contributed by atoms with Gasteiger partial charge in [0.1, 0.15) is 5.60 Å². The second kappa shape index (κ2) is 6.60. The first kappa shape index (κ1) is 17.3. The molecule has 0 saturated heterocycles. The highest BCUT2D eigenvalue weighted by atomic mass is 16.6. The van der Waals surface area contributed by atoms with Gasteiger partial charge in [-0.15, -0.1) is 0 Å². The molecule has 5 heteroatoms. The molecule has 0 aromatic heterocycles. The molecule has 0 N–H and O–H groups in total. The van der Waals surface area contributed by atoms with E-state index in [1.54, 1.807) is 11.0 Å². The molecule has 1 aliphatic carbocycles. The molecule has 0 saturated carbocycles. The number of hydrogen-bond acceptors (Lipinski definition) is 4. The van der Waals surface area contributed by atoms with E-state index in [4.69, 9.17) is 9.47 Å². The average Bonchev–Trinajstić information content (AvgIpc) is 2.88. The van der Waals surface area contributed by atoms with Gasteiger partial charge in [0.15, 0.2) is 0 Å². The SMILES string of the molecule is CCN(C(=O)OC(C)(C)C)[C@@H]1CCc2ccc(C(=O)OC)cc21. The number of carbonyl (C=O) groups is 2. The first-order valence-electron chi connectivity index (χ1n) is 7.97. The van der Waals surface area contributed by atoms with Gasteiger partial charge in [0.25, 0.3) is 0 Å². The second-order valence-corrected chi connectivity index (χ2v) is 6.73. The van der Waals surface area contributed by atoms with Crippen LogP contribution in [0.2, 0.25) is 0 Å². The monoisotopic (exact) mass is 319 g/mol. The number of carbonyl (C=O) groups excluding carboxylic acids is 2. The van der Waals surface area contributed by atoms with Crippen LogP contribution in [0, 0.1) is 0 Å². The molecule has 23 heavy (non-hydrogen) atoms. The molecule has 126 valence electrons. The topological polar surface area (TPSA) is 55.8 Å². The van der Waals surface area contributed by atoms with Crippen LogP contribution in [0.1, 0.15) is 61.6 Å². The van der Waals surface area contributed by atoms with Crippen molar-refractivity contribution in [1.82, 2.24) is 4.90 Å². The Bertz CT molecular complexity index is 604. The maximum Gasteiger partial charge on any atom is 0.410 e. The van der Waals surface area contributed by atoms with Gasteiger partial charge in [-0.25, -0.2) is 9.59 Å². The smallest absolute Gasteiger partial charge is 0.410 e. The van der Waals surface area contributed by atoms with E-state index in [0.29, 0.717) is 12.1 Å². The Morgan fingerprint density at radius 2 is 2.00 bits per heavy atom. The molecule has 1 aromatic carbocycles. The van der Waals surface area contributed by atoms with Gasteiger partial charge in [0, 0.05) is 6.54 Å². The maximum atomic E-state index is 12.5. The highest BCUT2D eigenvalue weighted by Crippen LogP contribution is 2.37. The fourth-order valence-electron chi connectivity index (χ4n) is 2.95. The lowest BCUT2D eigenvalue weighted by Gasteiger charge is -2.31. The maximum absolute atomic E-state index is 12.5. The molecule has 1 aromatic rings. The molecule has 0 heterocycles. The van der Waals surface area contributed by atoms with Crippen LogP contribution in [-0.4, -0.2) is 36.2 Å². The third-order valence-corrected chi connectivity index (χ3v) is 3.96. The Kier molecular flexibility index (Phi) is 4.97. The van der Waals surface area contributed by atoms with Crippen molar-refractivity contribution >= 4 is 12.1 Å². The van der Waals surface area contributed by atoms with Crippen molar-refractivity contribution < 1.29 is 19.1 Å². The van der Waals surface area contributed by atoms with Crippen LogP contribution >= 0.6 is 0 Å². The predicted molar refractivity (Wildman–Crippen MR) is 87.5 cm³/mol. The van der Waals surface area contributed by atoms with Gasteiger partial charge in [-0.1, -0.05) is 6.07 Å². The van der Waals surface area contributed by atoms with E-state index in [0.717, 1.165) is 18.4 Å². The van der Waals surface area contributed by atoms with E-state index in [9.17, 15) is 9.59 Å². The number of nitrogens with zero attached hydrogens (tertiary/aromatic N) is 1. The number of hydrogen-bond donors (Lipinski definition) is 0. The average molecular weight is 319 g/mol. The Hall–Kier alpha value is -2.04. The summed E-state index contributed by atoms with van der Waals surface area (Å²) in [4.78, 5) is 26.0. The van der Waals surface area contributed by atoms with Crippen LogP contribution in [-0.2, 0) is 15.9 Å². The molecular weight excluding hydrogens is 294 g/mol. The molecule has 1 aliphatic rings. The standard InChI is InChI=1S/C18H25NO4/c1-6-19(17(21)23-18(2,3)4)15-10-9-12-7-8-13(11-14(12)15)16(20)22-5/h7-8,11,15H,6,9-10H2,1-5H3/t15-/m1/s1. The fraction of sp³-hybridized carbons (Fsp3) is 0.556. The first-order chi connectivity index (χ1) is 10.8. The summed E-state index contributed by atoms with van der Waals surface area (Å²) in [6, 6.07) is 5.50. The third kappa shape index (κ3) is 3.84. The van der Waals surface area contributed by atoms with Crippen LogP contribution in [0.4, 0.5) is 4.79 Å². The Morgan fingerprint density at radius 3 is 2.57 bits per heavy atom. The molecule has 0 radical (unpaired) electrons. The zero-order valence-electron chi connectivity index (χ0n) is 14.5. The zero-order chi connectivity index (χ0) is 17.2. The highest BCUT2D eigenvalue weighted by molar-refractivity contribution is 5.89. The van der Waals surface area contributed by atoms with Gasteiger partial charge < -0.3 is 14.4 Å². The molecule has 1 atom stereocenters. The van der Waals surface area contributed by atoms with Crippen LogP contribution in [0.15, 0.2) is 18.2 Å². The quantitative estimate of drug-likeness (QED) is 0.797. The summed E-state index contributed by atoms with van der Waals surface area (Å²) in [5, 5.41) is 0. The molecule has 0 spiro atoms. The molecule has 0 fully saturated rings. The normalized spacial score (nSPS) is 16.7. The van der Waals surface area contributed by atoms with E-state index < -0.39 is 5.60 Å². The van der Waals surface area contributed by atoms with Crippen molar-refractivity contribution in [3.05, 3.63) is 34.9 Å². The van der Waals surface area contributed by atoms with Crippen molar-refractivity contribution in [2.24, 2.45) is 0 Å². The van der Waals surface area contributed by atoms with Crippen molar-refractivity contribution in [3.8, 4) is 0 Å². The minimum Gasteiger partial charge on any atom is -0.465 e. The van der Waals surface area contributed by atoms with Gasteiger partial charge in [-0.2, -0.15) is 0 Å². The van der Waals surface area contributed by atoms with Crippen molar-refractivity contribution in [1.29, 1.82) is 0 Å². The van der Waals surface area contributed by atoms with Crippen molar-refractivity contribution in [3.63, 3.8) is 0 Å². The summed E-state index contributed by atoms with van der Waals surface area (Å²) in [6.45, 7) is 8.07. The fourth-order valence-corrected chi connectivity index (χ4v) is 2.95. The minimum atomic E-state index is -0.528. The number of benzene rings is 1. The molecule has 5 nitrogen and oxygen atoms in total. The molecular formula is C18H25NO4. The Morgan fingerprint density at radius 1 is 1.30 bits per heavy atom. The first-order valence-corrected chi connectivity index (χ1v) is 7.97. The van der Waals surface area contributed by atoms with E-state index in [1.165, 1.54) is 12.7 Å². The van der Waals surface area contributed by atoms with Gasteiger partial charge in [0.2, 0.25) is 0 Å². The van der Waals surface area contributed by atoms with Crippen LogP contribution < -0.4 is 0 Å². The molecule has 0 aliphatic heterocycles. The lowest BCUT2D eigenvalue weighted by molar-refractivity contribution is 0.0171. The van der Waals surface area contributed by atoms with Crippen LogP contribution in [0.25, 0.3) is 0 Å². The third-order valence-electron chi connectivity index (χ3n) is 3.96. The van der Waals surface area contributed by atoms with Crippen molar-refractivity contribution in [2.45, 2.75) is 52.2 Å². The molecule has 2 rings (SSSR count). The van der Waals surface area contributed by atoms with Crippen LogP contribution in [0.5, 0.6) is 0 Å². The van der Waals surface area contributed by atoms with Crippen LogP contribution in [0.3, 0.4) is 0 Å². The number of esters is 1. The summed E-state index contributed by atoms with van der Waals surface area (Å²) in [6.07, 6.45) is 1.41. The van der Waals surface area contributed by atoms with Gasteiger partial charge >= 0.3 is 12.1 Å². The van der Waals surface area contributed by atoms with E-state index >= 15 is 0 Å². The second-order valence-electron chi connectivity index (χ2n) is 6.73. The number of ether oxygens (including phenoxy) is 2. The number of amides is 1. The van der Waals surface area contributed by atoms with Gasteiger partial charge in [-0.3, -0.25) is 0 Å². The summed E-state index contributed by atoms with van der Waals surface area (Å²) in [5.41, 5.74) is 2.17. The lowest BCUT2D eigenvalue weighted by atomic mass is 10.0. The molecule has 0 bridgehead atoms. The van der Waals surface area contributed by atoms with Crippen molar-refractivity contribution in [2.75, 3.05) is 13.7 Å². The van der Waals surface area contributed by atoms with E-state index in [-0.39, 0.29) is 18.1 Å². The molecule has 1 amide bonds. The molecule has 0 unspecified atom stereocenters. The van der Waals surface area contributed by atoms with Gasteiger partial charge in [-0.05, 0) is 63.8 Å².